The maximum Gasteiger partial charge on any atom is 0.306 e. The molecule has 0 aliphatic carbocycles. The van der Waals surface area contributed by atoms with E-state index < -0.39 is 24.0 Å². The van der Waals surface area contributed by atoms with E-state index in [-0.39, 0.29) is 30.8 Å². The molecule has 244 valence electrons. The molecule has 10 nitrogen and oxygen atoms in total. The Morgan fingerprint density at radius 3 is 2.37 bits per heavy atom. The highest BCUT2D eigenvalue weighted by Crippen LogP contribution is 2.20. The number of benzene rings is 1. The Labute approximate surface area is 257 Å². The number of amides is 2. The van der Waals surface area contributed by atoms with Gasteiger partial charge in [0.2, 0.25) is 11.8 Å². The Kier molecular flexibility index (Phi) is 17.1. The maximum absolute atomic E-state index is 11.9. The Morgan fingerprint density at radius 2 is 1.81 bits per heavy atom. The normalized spacial score (nSPS) is 17.1. The standard InChI is InChI=1S/C20H31N2O4.C13H24O4/c1-15-8-5-6-9-18(15)26-14-17(23)13-22(3,4)11-7-10-21-19(24)12-16(2)20(21)25;1-4-6-7-11(5-2)9-17-12(14)8-10(3)13(15)16/h5-6,8-9,16-17,23H,7,10-14H2,1-4H3;10-11H,4-9H2,1-3H3,(H,15,16)/q+1;/p-1. The van der Waals surface area contributed by atoms with Crippen LogP contribution in [0.1, 0.15) is 78.2 Å². The molecular weight excluding hydrogens is 552 g/mol. The van der Waals surface area contributed by atoms with Gasteiger partial charge in [-0.05, 0) is 30.9 Å². The third kappa shape index (κ3) is 14.8. The number of hydrogen-bond donors (Lipinski definition) is 1. The number of quaternary nitrogens is 1. The van der Waals surface area contributed by atoms with Gasteiger partial charge in [0.15, 0.2) is 0 Å². The molecule has 4 unspecified atom stereocenters. The molecule has 1 aromatic rings. The zero-order valence-electron chi connectivity index (χ0n) is 27.3. The van der Waals surface area contributed by atoms with Gasteiger partial charge in [0.25, 0.3) is 0 Å². The molecule has 0 radical (unpaired) electrons. The quantitative estimate of drug-likeness (QED) is 0.153. The molecule has 4 atom stereocenters. The molecule has 0 bridgehead atoms. The van der Waals surface area contributed by atoms with Crippen LogP contribution in [-0.2, 0) is 23.9 Å². The van der Waals surface area contributed by atoms with Crippen molar-refractivity contribution in [1.29, 1.82) is 0 Å². The fourth-order valence-electron chi connectivity index (χ4n) is 4.86. The van der Waals surface area contributed by atoms with Gasteiger partial charge in [-0.1, -0.05) is 65.2 Å². The van der Waals surface area contributed by atoms with E-state index in [1.165, 1.54) is 11.8 Å². The highest BCUT2D eigenvalue weighted by atomic mass is 16.5. The number of ether oxygens (including phenoxy) is 2. The van der Waals surface area contributed by atoms with Gasteiger partial charge in [-0.15, -0.1) is 0 Å². The number of carbonyl (C=O) groups excluding carboxylic acids is 4. The molecule has 43 heavy (non-hydrogen) atoms. The molecule has 1 heterocycles. The fourth-order valence-corrected chi connectivity index (χ4v) is 4.86. The van der Waals surface area contributed by atoms with Crippen molar-refractivity contribution in [2.75, 3.05) is 46.9 Å². The average molecular weight is 607 g/mol. The van der Waals surface area contributed by atoms with Crippen LogP contribution in [0.4, 0.5) is 0 Å². The van der Waals surface area contributed by atoms with E-state index in [9.17, 15) is 29.4 Å². The van der Waals surface area contributed by atoms with Gasteiger partial charge in [-0.25, -0.2) is 0 Å². The first-order valence-electron chi connectivity index (χ1n) is 15.6. The van der Waals surface area contributed by atoms with Gasteiger partial charge in [-0.2, -0.15) is 0 Å². The molecule has 1 fully saturated rings. The number of nitrogens with zero attached hydrogens (tertiary/aromatic N) is 2. The van der Waals surface area contributed by atoms with Crippen molar-refractivity contribution in [3.8, 4) is 5.75 Å². The summed E-state index contributed by atoms with van der Waals surface area (Å²) in [6.45, 7) is 11.8. The maximum atomic E-state index is 11.9. The molecule has 0 saturated carbocycles. The predicted octanol–water partition coefficient (Wildman–Crippen LogP) is 3.12. The largest absolute Gasteiger partial charge is 0.550 e. The summed E-state index contributed by atoms with van der Waals surface area (Å²) in [5, 5.41) is 20.8. The number of imide groups is 1. The van der Waals surface area contributed by atoms with Crippen LogP contribution < -0.4 is 9.84 Å². The van der Waals surface area contributed by atoms with Crippen LogP contribution in [-0.4, -0.2) is 91.3 Å². The zero-order chi connectivity index (χ0) is 32.6. The first-order chi connectivity index (χ1) is 20.2. The minimum atomic E-state index is -1.21. The van der Waals surface area contributed by atoms with E-state index in [4.69, 9.17) is 9.47 Å². The number of aryl methyl sites for hydroxylation is 1. The van der Waals surface area contributed by atoms with E-state index in [1.54, 1.807) is 6.92 Å². The second-order valence-electron chi connectivity index (χ2n) is 12.4. The number of aliphatic hydroxyl groups excluding tert-OH is 1. The minimum Gasteiger partial charge on any atom is -0.550 e. The van der Waals surface area contributed by atoms with Crippen molar-refractivity contribution in [3.05, 3.63) is 29.8 Å². The van der Waals surface area contributed by atoms with Crippen molar-refractivity contribution >= 4 is 23.8 Å². The lowest BCUT2D eigenvalue weighted by molar-refractivity contribution is -0.893. The monoisotopic (exact) mass is 606 g/mol. The number of likely N-dealkylation sites (N-methyl/N-ethyl adjacent to an activating group) is 1. The van der Waals surface area contributed by atoms with E-state index in [1.807, 2.05) is 45.3 Å². The van der Waals surface area contributed by atoms with Gasteiger partial charge in [0.05, 0.1) is 33.7 Å². The van der Waals surface area contributed by atoms with Gasteiger partial charge in [0, 0.05) is 37.2 Å². The SMILES string of the molecule is CCCCC(CC)COC(=O)CC(C)C(=O)[O-].Cc1ccccc1OCC(O)C[N+](C)(C)CCCN1C(=O)CC(C)C1=O. The van der Waals surface area contributed by atoms with Crippen LogP contribution >= 0.6 is 0 Å². The molecule has 0 spiro atoms. The first-order valence-corrected chi connectivity index (χ1v) is 15.6. The second-order valence-corrected chi connectivity index (χ2v) is 12.4. The third-order valence-corrected chi connectivity index (χ3v) is 7.74. The summed E-state index contributed by atoms with van der Waals surface area (Å²) < 4.78 is 11.4. The predicted molar refractivity (Wildman–Crippen MR) is 163 cm³/mol. The smallest absolute Gasteiger partial charge is 0.306 e. The van der Waals surface area contributed by atoms with Crippen LogP contribution in [0.5, 0.6) is 5.75 Å². The average Bonchev–Trinajstić information content (AvgIpc) is 3.18. The lowest BCUT2D eigenvalue weighted by Gasteiger charge is -2.32. The Bertz CT molecular complexity index is 1030. The van der Waals surface area contributed by atoms with Crippen molar-refractivity contribution in [2.45, 2.75) is 85.7 Å². The van der Waals surface area contributed by atoms with Crippen molar-refractivity contribution in [2.24, 2.45) is 17.8 Å². The molecule has 1 aromatic carbocycles. The summed E-state index contributed by atoms with van der Waals surface area (Å²) in [6, 6.07) is 7.74. The summed E-state index contributed by atoms with van der Waals surface area (Å²) in [7, 11) is 4.07. The number of carboxylic acid groups (broad SMARTS) is 1. The molecule has 10 heteroatoms. The van der Waals surface area contributed by atoms with Gasteiger partial charge < -0.3 is 29.0 Å². The van der Waals surface area contributed by atoms with E-state index in [0.29, 0.717) is 36.5 Å². The number of rotatable bonds is 18. The van der Waals surface area contributed by atoms with Crippen LogP contribution in [0.3, 0.4) is 0 Å². The number of hydrogen-bond acceptors (Lipinski definition) is 8. The topological polar surface area (TPSA) is 133 Å². The number of carbonyl (C=O) groups is 4. The van der Waals surface area contributed by atoms with Crippen LogP contribution in [0.2, 0.25) is 0 Å². The summed E-state index contributed by atoms with van der Waals surface area (Å²) in [5.41, 5.74) is 1.04. The second kappa shape index (κ2) is 19.3. The van der Waals surface area contributed by atoms with E-state index >= 15 is 0 Å². The molecule has 2 amide bonds. The fraction of sp³-hybridized carbons (Fsp3) is 0.697. The lowest BCUT2D eigenvalue weighted by atomic mass is 10.0. The van der Waals surface area contributed by atoms with E-state index in [0.717, 1.165) is 50.0 Å². The summed E-state index contributed by atoms with van der Waals surface area (Å²) >= 11 is 0. The van der Waals surface area contributed by atoms with Crippen molar-refractivity contribution in [1.82, 2.24) is 4.90 Å². The molecular formula is C33H54N2O8. The molecule has 1 N–H and O–H groups in total. The minimum absolute atomic E-state index is 0.0630. The molecule has 0 aromatic heterocycles. The molecule has 1 aliphatic rings. The van der Waals surface area contributed by atoms with E-state index in [2.05, 4.69) is 13.8 Å². The summed E-state index contributed by atoms with van der Waals surface area (Å²) in [5.74, 6) is -1.58. The number of unbranched alkanes of at least 4 members (excludes halogenated alkanes) is 1. The number of carboxylic acids is 1. The highest BCUT2D eigenvalue weighted by Gasteiger charge is 2.35. The van der Waals surface area contributed by atoms with Crippen molar-refractivity contribution < 1.29 is 43.3 Å². The summed E-state index contributed by atoms with van der Waals surface area (Å²) in [6.07, 6.45) is 4.65. The molecule has 1 saturated heterocycles. The number of aliphatic hydroxyl groups is 1. The molecule has 1 aliphatic heterocycles. The summed E-state index contributed by atoms with van der Waals surface area (Å²) in [4.78, 5) is 46.9. The van der Waals surface area contributed by atoms with Gasteiger partial charge in [0.1, 0.15) is 25.0 Å². The Balaban J connectivity index is 0.000000474. The Morgan fingerprint density at radius 1 is 1.14 bits per heavy atom. The van der Waals surface area contributed by atoms with Crippen LogP contribution in [0.25, 0.3) is 0 Å². The van der Waals surface area contributed by atoms with Crippen LogP contribution in [0.15, 0.2) is 24.3 Å². The third-order valence-electron chi connectivity index (χ3n) is 7.74. The Hall–Kier alpha value is -2.98. The number of aliphatic carboxylic acids is 1. The van der Waals surface area contributed by atoms with Gasteiger partial charge >= 0.3 is 5.97 Å². The van der Waals surface area contributed by atoms with Crippen molar-refractivity contribution in [3.63, 3.8) is 0 Å². The number of para-hydroxylation sites is 1. The zero-order valence-corrected chi connectivity index (χ0v) is 27.3. The first kappa shape index (κ1) is 38.0. The van der Waals surface area contributed by atoms with Gasteiger partial charge in [-0.3, -0.25) is 19.3 Å². The molecule has 2 rings (SSSR count). The van der Waals surface area contributed by atoms with Crippen LogP contribution in [0, 0.1) is 24.7 Å². The number of esters is 1. The highest BCUT2D eigenvalue weighted by molar-refractivity contribution is 6.03. The number of likely N-dealkylation sites (tertiary alicyclic amines) is 1. The lowest BCUT2D eigenvalue weighted by Crippen LogP contribution is -2.48.